The molecule has 2 N–H and O–H groups in total. The molecule has 0 atom stereocenters. The van der Waals surface area contributed by atoms with Gasteiger partial charge in [0.15, 0.2) is 11.5 Å². The molecule has 4 aromatic rings. The van der Waals surface area contributed by atoms with Gasteiger partial charge in [0, 0.05) is 16.3 Å². The summed E-state index contributed by atoms with van der Waals surface area (Å²) in [7, 11) is -3.86. The third kappa shape index (κ3) is 3.45. The molecule has 2 aromatic heterocycles. The van der Waals surface area contributed by atoms with Crippen LogP contribution in [0.4, 0.5) is 0 Å². The highest BCUT2D eigenvalue weighted by Gasteiger charge is 2.27. The van der Waals surface area contributed by atoms with E-state index in [4.69, 9.17) is 0 Å². The maximum absolute atomic E-state index is 13.0. The van der Waals surface area contributed by atoms with E-state index >= 15 is 0 Å². The first kappa shape index (κ1) is 20.4. The first-order chi connectivity index (χ1) is 14.1. The van der Waals surface area contributed by atoms with Crippen molar-refractivity contribution in [2.24, 2.45) is 0 Å². The zero-order valence-corrected chi connectivity index (χ0v) is 18.0. The number of hydrogen-bond donors (Lipinski definition) is 2. The summed E-state index contributed by atoms with van der Waals surface area (Å²) in [5.41, 5.74) is 1.61. The van der Waals surface area contributed by atoms with Gasteiger partial charge in [-0.1, -0.05) is 36.4 Å². The molecular formula is C21H23N5O3S. The van der Waals surface area contributed by atoms with Gasteiger partial charge in [0.2, 0.25) is 10.0 Å². The molecule has 2 aromatic carbocycles. The van der Waals surface area contributed by atoms with Crippen LogP contribution in [0.2, 0.25) is 0 Å². The Hall–Kier alpha value is -2.88. The molecule has 156 valence electrons. The van der Waals surface area contributed by atoms with Crippen molar-refractivity contribution in [2.75, 3.05) is 6.61 Å². The van der Waals surface area contributed by atoms with Crippen molar-refractivity contribution in [3.63, 3.8) is 0 Å². The number of nitrogens with zero attached hydrogens (tertiary/aromatic N) is 4. The van der Waals surface area contributed by atoms with Crippen LogP contribution in [-0.2, 0) is 10.0 Å². The third-order valence-electron chi connectivity index (χ3n) is 4.99. The third-order valence-corrected chi connectivity index (χ3v) is 6.83. The van der Waals surface area contributed by atoms with E-state index < -0.39 is 15.6 Å². The van der Waals surface area contributed by atoms with Crippen molar-refractivity contribution < 1.29 is 13.5 Å². The van der Waals surface area contributed by atoms with Gasteiger partial charge in [-0.2, -0.15) is 9.61 Å². The Morgan fingerprint density at radius 3 is 2.47 bits per heavy atom. The number of aryl methyl sites for hydroxylation is 2. The topological polar surface area (TPSA) is 109 Å². The molecule has 0 bridgehead atoms. The maximum Gasteiger partial charge on any atom is 0.241 e. The Morgan fingerprint density at radius 2 is 1.77 bits per heavy atom. The van der Waals surface area contributed by atoms with Crippen LogP contribution in [0.15, 0.2) is 47.4 Å². The van der Waals surface area contributed by atoms with Gasteiger partial charge in [-0.3, -0.25) is 0 Å². The van der Waals surface area contributed by atoms with Crippen molar-refractivity contribution in [3.05, 3.63) is 53.7 Å². The Morgan fingerprint density at radius 1 is 1.07 bits per heavy atom. The molecular weight excluding hydrogens is 402 g/mol. The molecule has 0 radical (unpaired) electrons. The highest BCUT2D eigenvalue weighted by atomic mass is 32.2. The van der Waals surface area contributed by atoms with Crippen molar-refractivity contribution in [3.8, 4) is 11.4 Å². The van der Waals surface area contributed by atoms with E-state index in [1.54, 1.807) is 43.5 Å². The SMILES string of the molecule is Cc1ccc(-c2nnc3c4ccccc4c(C)nn23)cc1S(=O)(=O)NC(C)(C)CO. The van der Waals surface area contributed by atoms with Crippen LogP contribution in [-0.4, -0.2) is 45.5 Å². The Kier molecular flexibility index (Phi) is 4.84. The maximum atomic E-state index is 13.0. The second-order valence-corrected chi connectivity index (χ2v) is 9.67. The molecule has 30 heavy (non-hydrogen) atoms. The Balaban J connectivity index is 1.89. The number of aliphatic hydroxyl groups is 1. The van der Waals surface area contributed by atoms with Gasteiger partial charge < -0.3 is 5.11 Å². The van der Waals surface area contributed by atoms with Crippen molar-refractivity contribution >= 4 is 26.4 Å². The average molecular weight is 426 g/mol. The van der Waals surface area contributed by atoms with Crippen molar-refractivity contribution in [1.82, 2.24) is 24.5 Å². The molecule has 0 amide bonds. The quantitative estimate of drug-likeness (QED) is 0.509. The lowest BCUT2D eigenvalue weighted by atomic mass is 10.1. The van der Waals surface area contributed by atoms with Crippen LogP contribution < -0.4 is 4.72 Å². The van der Waals surface area contributed by atoms with Crippen LogP contribution in [0.25, 0.3) is 27.8 Å². The zero-order valence-electron chi connectivity index (χ0n) is 17.2. The number of aliphatic hydroxyl groups excluding tert-OH is 1. The van der Waals surface area contributed by atoms with E-state index in [2.05, 4.69) is 20.0 Å². The first-order valence-corrected chi connectivity index (χ1v) is 11.0. The smallest absolute Gasteiger partial charge is 0.241 e. The van der Waals surface area contributed by atoms with Gasteiger partial charge in [0.1, 0.15) is 0 Å². The summed E-state index contributed by atoms with van der Waals surface area (Å²) in [4.78, 5) is 0.121. The molecule has 0 saturated heterocycles. The number of sulfonamides is 1. The molecule has 0 aliphatic rings. The second kappa shape index (κ2) is 7.12. The van der Waals surface area contributed by atoms with Crippen LogP contribution in [0.3, 0.4) is 0 Å². The summed E-state index contributed by atoms with van der Waals surface area (Å²) in [5, 5.41) is 24.6. The number of fused-ring (bicyclic) bond motifs is 3. The summed E-state index contributed by atoms with van der Waals surface area (Å²) < 4.78 is 30.1. The first-order valence-electron chi connectivity index (χ1n) is 9.49. The number of aromatic nitrogens is 4. The van der Waals surface area contributed by atoms with E-state index in [1.165, 1.54) is 0 Å². The molecule has 8 nitrogen and oxygen atoms in total. The number of rotatable bonds is 5. The standard InChI is InChI=1S/C21H23N5O3S/c1-13-9-10-15(11-18(13)30(28,29)25-21(3,4)12-27)19-22-23-20-17-8-6-5-7-16(17)14(2)24-26(19)20/h5-11,25,27H,12H2,1-4H3. The molecule has 9 heteroatoms. The van der Waals surface area contributed by atoms with E-state index in [1.807, 2.05) is 31.2 Å². The fourth-order valence-electron chi connectivity index (χ4n) is 3.40. The van der Waals surface area contributed by atoms with Crippen LogP contribution in [0, 0.1) is 13.8 Å². The minimum Gasteiger partial charge on any atom is -0.394 e. The largest absolute Gasteiger partial charge is 0.394 e. The molecule has 0 spiro atoms. The molecule has 0 fully saturated rings. The van der Waals surface area contributed by atoms with Gasteiger partial charge in [-0.25, -0.2) is 13.1 Å². The summed E-state index contributed by atoms with van der Waals surface area (Å²) in [6.45, 7) is 6.55. The molecule has 2 heterocycles. The number of benzene rings is 2. The lowest BCUT2D eigenvalue weighted by Crippen LogP contribution is -2.46. The summed E-state index contributed by atoms with van der Waals surface area (Å²) in [6, 6.07) is 12.9. The summed E-state index contributed by atoms with van der Waals surface area (Å²) >= 11 is 0. The van der Waals surface area contributed by atoms with E-state index in [9.17, 15) is 13.5 Å². The predicted octanol–water partition coefficient (Wildman–Crippen LogP) is 2.61. The lowest BCUT2D eigenvalue weighted by molar-refractivity contribution is 0.208. The minimum absolute atomic E-state index is 0.121. The summed E-state index contributed by atoms with van der Waals surface area (Å²) in [6.07, 6.45) is 0. The average Bonchev–Trinajstić information content (AvgIpc) is 3.11. The highest BCUT2D eigenvalue weighted by Crippen LogP contribution is 2.27. The van der Waals surface area contributed by atoms with E-state index in [-0.39, 0.29) is 11.5 Å². The van der Waals surface area contributed by atoms with Crippen molar-refractivity contribution in [2.45, 2.75) is 38.1 Å². The van der Waals surface area contributed by atoms with Crippen LogP contribution >= 0.6 is 0 Å². The Labute approximate surface area is 174 Å². The fraction of sp³-hybridized carbons (Fsp3) is 0.286. The van der Waals surface area contributed by atoms with Gasteiger partial charge in [-0.05, 0) is 39.3 Å². The van der Waals surface area contributed by atoms with Crippen LogP contribution in [0.1, 0.15) is 25.1 Å². The van der Waals surface area contributed by atoms with Gasteiger partial charge in [-0.15, -0.1) is 10.2 Å². The van der Waals surface area contributed by atoms with Gasteiger partial charge >= 0.3 is 0 Å². The van der Waals surface area contributed by atoms with E-state index in [0.717, 1.165) is 16.5 Å². The predicted molar refractivity (Wildman–Crippen MR) is 115 cm³/mol. The summed E-state index contributed by atoms with van der Waals surface area (Å²) in [5.74, 6) is 0.455. The monoisotopic (exact) mass is 425 g/mol. The second-order valence-electron chi connectivity index (χ2n) is 8.02. The van der Waals surface area contributed by atoms with Gasteiger partial charge in [0.05, 0.1) is 22.7 Å². The van der Waals surface area contributed by atoms with Crippen molar-refractivity contribution in [1.29, 1.82) is 0 Å². The number of hydrogen-bond acceptors (Lipinski definition) is 6. The molecule has 0 aliphatic carbocycles. The lowest BCUT2D eigenvalue weighted by Gasteiger charge is -2.23. The fourth-order valence-corrected chi connectivity index (χ4v) is 5.08. The Bertz CT molecular complexity index is 1380. The minimum atomic E-state index is -3.86. The molecule has 0 unspecified atom stereocenters. The zero-order chi connectivity index (χ0) is 21.7. The molecule has 0 saturated carbocycles. The van der Waals surface area contributed by atoms with Crippen LogP contribution in [0.5, 0.6) is 0 Å². The molecule has 0 aliphatic heterocycles. The number of nitrogens with one attached hydrogen (secondary N) is 1. The highest BCUT2D eigenvalue weighted by molar-refractivity contribution is 7.89. The van der Waals surface area contributed by atoms with Gasteiger partial charge in [0.25, 0.3) is 0 Å². The van der Waals surface area contributed by atoms with E-state index in [0.29, 0.717) is 22.6 Å². The normalized spacial score (nSPS) is 12.7. The molecule has 4 rings (SSSR count).